The molecular weight excluding hydrogens is 134 g/mol. The summed E-state index contributed by atoms with van der Waals surface area (Å²) in [5.41, 5.74) is 4.89. The highest BCUT2D eigenvalue weighted by molar-refractivity contribution is 5.95. The summed E-state index contributed by atoms with van der Waals surface area (Å²) < 4.78 is 4.71. The minimum atomic E-state index is -0.686. The van der Waals surface area contributed by atoms with Gasteiger partial charge in [0.2, 0.25) is 0 Å². The summed E-state index contributed by atoms with van der Waals surface area (Å²) >= 11 is 0. The lowest BCUT2D eigenvalue weighted by molar-refractivity contribution is 0.0997. The van der Waals surface area contributed by atoms with Gasteiger partial charge in [0.1, 0.15) is 17.6 Å². The van der Waals surface area contributed by atoms with E-state index in [1.165, 1.54) is 0 Å². The molecule has 1 aromatic heterocycles. The van der Waals surface area contributed by atoms with Crippen LogP contribution in [0.3, 0.4) is 0 Å². The van der Waals surface area contributed by atoms with Crippen molar-refractivity contribution >= 4 is 5.91 Å². The predicted octanol–water partition coefficient (Wildman–Crippen LogP) is 0.393. The third-order valence-electron chi connectivity index (χ3n) is 1.21. The first-order valence-corrected chi connectivity index (χ1v) is 2.69. The number of carbonyl (C=O) groups excluding carboxylic acids is 1. The number of primary amides is 1. The van der Waals surface area contributed by atoms with Crippen LogP contribution in [0.25, 0.3) is 0 Å². The molecule has 3 N–H and O–H groups in total. The number of hydrogen-bond donors (Lipinski definition) is 2. The lowest BCUT2D eigenvalue weighted by Gasteiger charge is -1.87. The van der Waals surface area contributed by atoms with Gasteiger partial charge in [0.05, 0.1) is 0 Å². The summed E-state index contributed by atoms with van der Waals surface area (Å²) in [5, 5.41) is 9.01. The van der Waals surface area contributed by atoms with Gasteiger partial charge in [-0.2, -0.15) is 0 Å². The number of amides is 1. The largest absolute Gasteiger partial charge is 0.504 e. The number of carbonyl (C=O) groups is 1. The van der Waals surface area contributed by atoms with Gasteiger partial charge in [0.25, 0.3) is 5.91 Å². The summed E-state index contributed by atoms with van der Waals surface area (Å²) in [6.45, 7) is 1.54. The number of aromatic hydroxyl groups is 1. The summed E-state index contributed by atoms with van der Waals surface area (Å²) in [6, 6.07) is 0. The zero-order valence-electron chi connectivity index (χ0n) is 5.42. The second-order valence-corrected chi connectivity index (χ2v) is 1.92. The van der Waals surface area contributed by atoms with E-state index in [1.54, 1.807) is 6.92 Å². The van der Waals surface area contributed by atoms with E-state index in [4.69, 9.17) is 15.3 Å². The Morgan fingerprint density at radius 3 is 2.60 bits per heavy atom. The summed E-state index contributed by atoms with van der Waals surface area (Å²) in [4.78, 5) is 10.4. The SMILES string of the molecule is Cc1occ(C(N)=O)c1O. The quantitative estimate of drug-likeness (QED) is 0.594. The van der Waals surface area contributed by atoms with Crippen LogP contribution in [0.15, 0.2) is 10.7 Å². The first-order chi connectivity index (χ1) is 4.63. The van der Waals surface area contributed by atoms with Gasteiger partial charge >= 0.3 is 0 Å². The summed E-state index contributed by atoms with van der Waals surface area (Å²) in [7, 11) is 0. The fraction of sp³-hybridized carbons (Fsp3) is 0.167. The minimum Gasteiger partial charge on any atom is -0.504 e. The maximum absolute atomic E-state index is 10.4. The van der Waals surface area contributed by atoms with E-state index in [-0.39, 0.29) is 11.3 Å². The van der Waals surface area contributed by atoms with Crippen LogP contribution in [0.1, 0.15) is 16.1 Å². The van der Waals surface area contributed by atoms with E-state index in [0.29, 0.717) is 5.76 Å². The molecule has 0 radical (unpaired) electrons. The highest BCUT2D eigenvalue weighted by atomic mass is 16.4. The van der Waals surface area contributed by atoms with Crippen molar-refractivity contribution in [3.63, 3.8) is 0 Å². The van der Waals surface area contributed by atoms with Crippen LogP contribution in [0.2, 0.25) is 0 Å². The molecule has 1 heterocycles. The maximum atomic E-state index is 10.4. The lowest BCUT2D eigenvalue weighted by atomic mass is 10.3. The Labute approximate surface area is 57.3 Å². The molecule has 1 rings (SSSR count). The summed E-state index contributed by atoms with van der Waals surface area (Å²) in [5.74, 6) is -0.560. The topological polar surface area (TPSA) is 76.5 Å². The van der Waals surface area contributed by atoms with Crippen molar-refractivity contribution in [1.82, 2.24) is 0 Å². The van der Waals surface area contributed by atoms with Gasteiger partial charge in [0.15, 0.2) is 5.75 Å². The molecule has 4 nitrogen and oxygen atoms in total. The molecule has 0 aliphatic heterocycles. The average Bonchev–Trinajstić information content (AvgIpc) is 2.14. The van der Waals surface area contributed by atoms with Crippen molar-refractivity contribution in [2.45, 2.75) is 6.92 Å². The number of aryl methyl sites for hydroxylation is 1. The standard InChI is InChI=1S/C6H7NO3/c1-3-5(8)4(2-10-3)6(7)9/h2,8H,1H3,(H2,7,9). The molecule has 0 aromatic carbocycles. The van der Waals surface area contributed by atoms with Crippen molar-refractivity contribution < 1.29 is 14.3 Å². The van der Waals surface area contributed by atoms with E-state index >= 15 is 0 Å². The number of hydrogen-bond acceptors (Lipinski definition) is 3. The Bertz CT molecular complexity index is 264. The Kier molecular flexibility index (Phi) is 1.37. The monoisotopic (exact) mass is 141 g/mol. The molecule has 0 atom stereocenters. The Morgan fingerprint density at radius 1 is 1.80 bits per heavy atom. The van der Waals surface area contributed by atoms with E-state index < -0.39 is 5.91 Å². The van der Waals surface area contributed by atoms with Crippen molar-refractivity contribution in [1.29, 1.82) is 0 Å². The molecule has 0 saturated carbocycles. The second-order valence-electron chi connectivity index (χ2n) is 1.92. The normalized spacial score (nSPS) is 9.70. The smallest absolute Gasteiger partial charge is 0.255 e. The molecular formula is C6H7NO3. The number of nitrogens with two attached hydrogens (primary N) is 1. The van der Waals surface area contributed by atoms with Gasteiger partial charge in [-0.3, -0.25) is 4.79 Å². The van der Waals surface area contributed by atoms with Gasteiger partial charge in [-0.25, -0.2) is 0 Å². The Morgan fingerprint density at radius 2 is 2.40 bits per heavy atom. The minimum absolute atomic E-state index is 0.0255. The maximum Gasteiger partial charge on any atom is 0.255 e. The van der Waals surface area contributed by atoms with Crippen LogP contribution in [-0.4, -0.2) is 11.0 Å². The van der Waals surface area contributed by atoms with Crippen molar-refractivity contribution in [2.75, 3.05) is 0 Å². The highest BCUT2D eigenvalue weighted by Gasteiger charge is 2.12. The lowest BCUT2D eigenvalue weighted by Crippen LogP contribution is -2.09. The molecule has 0 aliphatic rings. The van der Waals surface area contributed by atoms with Crippen LogP contribution < -0.4 is 5.73 Å². The third kappa shape index (κ3) is 0.834. The van der Waals surface area contributed by atoms with Gasteiger partial charge < -0.3 is 15.3 Å². The van der Waals surface area contributed by atoms with Crippen LogP contribution in [0.4, 0.5) is 0 Å². The molecule has 0 saturated heterocycles. The molecule has 0 fully saturated rings. The molecule has 10 heavy (non-hydrogen) atoms. The van der Waals surface area contributed by atoms with Gasteiger partial charge in [0, 0.05) is 0 Å². The van der Waals surface area contributed by atoms with Gasteiger partial charge in [-0.05, 0) is 6.92 Å². The Balaban J connectivity index is 3.17. The summed E-state index contributed by atoms with van der Waals surface area (Å²) in [6.07, 6.45) is 1.13. The highest BCUT2D eigenvalue weighted by Crippen LogP contribution is 2.22. The first-order valence-electron chi connectivity index (χ1n) is 2.69. The Hall–Kier alpha value is -1.45. The van der Waals surface area contributed by atoms with Gasteiger partial charge in [-0.1, -0.05) is 0 Å². The molecule has 1 aromatic rings. The molecule has 0 unspecified atom stereocenters. The van der Waals surface area contributed by atoms with E-state index in [2.05, 4.69) is 0 Å². The van der Waals surface area contributed by atoms with Crippen LogP contribution in [-0.2, 0) is 0 Å². The number of rotatable bonds is 1. The average molecular weight is 141 g/mol. The molecule has 0 aliphatic carbocycles. The molecule has 4 heteroatoms. The van der Waals surface area contributed by atoms with Crippen molar-refractivity contribution in [3.05, 3.63) is 17.6 Å². The van der Waals surface area contributed by atoms with Crippen molar-refractivity contribution in [2.24, 2.45) is 5.73 Å². The zero-order chi connectivity index (χ0) is 7.72. The first kappa shape index (κ1) is 6.67. The third-order valence-corrected chi connectivity index (χ3v) is 1.21. The van der Waals surface area contributed by atoms with Crippen LogP contribution >= 0.6 is 0 Å². The second kappa shape index (κ2) is 2.06. The predicted molar refractivity (Wildman–Crippen MR) is 33.6 cm³/mol. The van der Waals surface area contributed by atoms with Gasteiger partial charge in [-0.15, -0.1) is 0 Å². The zero-order valence-corrected chi connectivity index (χ0v) is 5.42. The molecule has 0 bridgehead atoms. The van der Waals surface area contributed by atoms with E-state index in [0.717, 1.165) is 6.26 Å². The van der Waals surface area contributed by atoms with E-state index in [1.807, 2.05) is 0 Å². The molecule has 54 valence electrons. The fourth-order valence-corrected chi connectivity index (χ4v) is 0.623. The fourth-order valence-electron chi connectivity index (χ4n) is 0.623. The van der Waals surface area contributed by atoms with Crippen LogP contribution in [0, 0.1) is 6.92 Å². The molecule has 1 amide bonds. The van der Waals surface area contributed by atoms with Crippen LogP contribution in [0.5, 0.6) is 5.75 Å². The molecule has 0 spiro atoms. The van der Waals surface area contributed by atoms with E-state index in [9.17, 15) is 4.79 Å². The van der Waals surface area contributed by atoms with Crippen molar-refractivity contribution in [3.8, 4) is 5.75 Å². The number of furan rings is 1.